The zero-order valence-corrected chi connectivity index (χ0v) is 12.2. The van der Waals surface area contributed by atoms with E-state index in [1.165, 1.54) is 6.26 Å². The van der Waals surface area contributed by atoms with Crippen LogP contribution in [0.2, 0.25) is 0 Å². The van der Waals surface area contributed by atoms with Crippen LogP contribution in [-0.4, -0.2) is 8.42 Å². The summed E-state index contributed by atoms with van der Waals surface area (Å²) in [6.45, 7) is 6.07. The Labute approximate surface area is 114 Å². The Morgan fingerprint density at radius 3 is 2.26 bits per heavy atom. The molecule has 0 aliphatic rings. The highest BCUT2D eigenvalue weighted by molar-refractivity contribution is 7.89. The van der Waals surface area contributed by atoms with Crippen molar-refractivity contribution in [2.45, 2.75) is 32.2 Å². The first-order chi connectivity index (χ1) is 9.08. The van der Waals surface area contributed by atoms with Gasteiger partial charge in [0, 0.05) is 0 Å². The molecule has 0 bridgehead atoms. The summed E-state index contributed by atoms with van der Waals surface area (Å²) >= 11 is 0. The van der Waals surface area contributed by atoms with Gasteiger partial charge in [0.05, 0.1) is 17.7 Å². The van der Waals surface area contributed by atoms with Crippen molar-refractivity contribution >= 4 is 10.0 Å². The van der Waals surface area contributed by atoms with E-state index in [0.29, 0.717) is 5.76 Å². The van der Waals surface area contributed by atoms with E-state index in [9.17, 15) is 8.42 Å². The maximum Gasteiger partial charge on any atom is 0.240 e. The minimum atomic E-state index is -3.46. The van der Waals surface area contributed by atoms with Crippen molar-refractivity contribution < 1.29 is 12.8 Å². The molecule has 2 rings (SSSR count). The van der Waals surface area contributed by atoms with Gasteiger partial charge in [-0.3, -0.25) is 0 Å². The van der Waals surface area contributed by atoms with E-state index in [-0.39, 0.29) is 11.4 Å². The van der Waals surface area contributed by atoms with Crippen molar-refractivity contribution in [2.75, 3.05) is 0 Å². The van der Waals surface area contributed by atoms with Crippen LogP contribution in [0.15, 0.2) is 52.0 Å². The van der Waals surface area contributed by atoms with Gasteiger partial charge in [-0.25, -0.2) is 13.1 Å². The number of hydrogen-bond acceptors (Lipinski definition) is 3. The third-order valence-electron chi connectivity index (χ3n) is 2.35. The first-order valence-corrected chi connectivity index (χ1v) is 7.65. The lowest BCUT2D eigenvalue weighted by Crippen LogP contribution is -2.22. The number of hydrogen-bond donors (Lipinski definition) is 1. The highest BCUT2D eigenvalue weighted by Crippen LogP contribution is 2.10. The van der Waals surface area contributed by atoms with Gasteiger partial charge >= 0.3 is 0 Å². The molecule has 1 N–H and O–H groups in total. The summed E-state index contributed by atoms with van der Waals surface area (Å²) in [5.41, 5.74) is 1.02. The second-order valence-corrected chi connectivity index (χ2v) is 5.48. The van der Waals surface area contributed by atoms with Crippen LogP contribution in [-0.2, 0) is 16.6 Å². The van der Waals surface area contributed by atoms with E-state index in [0.717, 1.165) is 5.56 Å². The van der Waals surface area contributed by atoms with E-state index < -0.39 is 10.0 Å². The molecule has 1 aromatic heterocycles. The standard InChI is InChI=1S/C12H13NO3S.C2H6/c1-10-4-6-12(7-5-10)17(14,15)13-9-11-3-2-8-16-11;1-2/h2-8,13H,9H2,1H3;1-2H3. The molecule has 104 valence electrons. The maximum atomic E-state index is 11.9. The normalized spacial score (nSPS) is 10.7. The largest absolute Gasteiger partial charge is 0.468 e. The Morgan fingerprint density at radius 1 is 1.11 bits per heavy atom. The molecule has 5 heteroatoms. The second-order valence-electron chi connectivity index (χ2n) is 3.72. The van der Waals surface area contributed by atoms with Crippen LogP contribution in [0.25, 0.3) is 0 Å². The molecule has 19 heavy (non-hydrogen) atoms. The Morgan fingerprint density at radius 2 is 1.74 bits per heavy atom. The quantitative estimate of drug-likeness (QED) is 0.936. The summed E-state index contributed by atoms with van der Waals surface area (Å²) in [4.78, 5) is 0.259. The van der Waals surface area contributed by atoms with Crippen LogP contribution < -0.4 is 4.72 Å². The highest BCUT2D eigenvalue weighted by Gasteiger charge is 2.13. The minimum Gasteiger partial charge on any atom is -0.468 e. The Bertz CT molecular complexity index is 572. The van der Waals surface area contributed by atoms with Crippen LogP contribution in [0.3, 0.4) is 0 Å². The Hall–Kier alpha value is -1.59. The van der Waals surface area contributed by atoms with Gasteiger partial charge in [-0.15, -0.1) is 0 Å². The first-order valence-electron chi connectivity index (χ1n) is 6.17. The fourth-order valence-electron chi connectivity index (χ4n) is 1.38. The van der Waals surface area contributed by atoms with Crippen LogP contribution in [0.1, 0.15) is 25.2 Å². The lowest BCUT2D eigenvalue weighted by molar-refractivity contribution is 0.498. The second kappa shape index (κ2) is 7.11. The average molecular weight is 281 g/mol. The molecule has 4 nitrogen and oxygen atoms in total. The summed E-state index contributed by atoms with van der Waals surface area (Å²) in [5, 5.41) is 0. The number of nitrogens with one attached hydrogen (secondary N) is 1. The van der Waals surface area contributed by atoms with Gasteiger partial charge < -0.3 is 4.42 Å². The Balaban J connectivity index is 0.000000861. The van der Waals surface area contributed by atoms with Crippen molar-refractivity contribution in [3.05, 3.63) is 54.0 Å². The SMILES string of the molecule is CC.Cc1ccc(S(=O)(=O)NCc2ccco2)cc1. The van der Waals surface area contributed by atoms with E-state index in [1.54, 1.807) is 36.4 Å². The number of furan rings is 1. The molecular formula is C14H19NO3S. The molecule has 0 aliphatic heterocycles. The minimum absolute atomic E-state index is 0.156. The number of rotatable bonds is 4. The molecule has 2 aromatic rings. The lowest BCUT2D eigenvalue weighted by atomic mass is 10.2. The fraction of sp³-hybridized carbons (Fsp3) is 0.286. The molecule has 0 amide bonds. The number of sulfonamides is 1. The van der Waals surface area contributed by atoms with E-state index in [2.05, 4.69) is 4.72 Å². The summed E-state index contributed by atoms with van der Waals surface area (Å²) in [7, 11) is -3.46. The smallest absolute Gasteiger partial charge is 0.240 e. The molecule has 0 aliphatic carbocycles. The molecule has 1 heterocycles. The van der Waals surface area contributed by atoms with Gasteiger partial charge in [-0.1, -0.05) is 31.5 Å². The summed E-state index contributed by atoms with van der Waals surface area (Å²) < 4.78 is 31.3. The number of benzene rings is 1. The van der Waals surface area contributed by atoms with Gasteiger partial charge in [0.1, 0.15) is 5.76 Å². The fourth-order valence-corrected chi connectivity index (χ4v) is 2.37. The Kier molecular flexibility index (Phi) is 5.79. The monoisotopic (exact) mass is 281 g/mol. The number of aryl methyl sites for hydroxylation is 1. The summed E-state index contributed by atoms with van der Waals surface area (Å²) in [6.07, 6.45) is 1.51. The maximum absolute atomic E-state index is 11.9. The third kappa shape index (κ3) is 4.54. The van der Waals surface area contributed by atoms with E-state index >= 15 is 0 Å². The van der Waals surface area contributed by atoms with Crippen LogP contribution in [0.4, 0.5) is 0 Å². The predicted molar refractivity (Wildman–Crippen MR) is 75.3 cm³/mol. The van der Waals surface area contributed by atoms with E-state index in [1.807, 2.05) is 20.8 Å². The van der Waals surface area contributed by atoms with Crippen molar-refractivity contribution in [1.82, 2.24) is 4.72 Å². The molecule has 0 radical (unpaired) electrons. The van der Waals surface area contributed by atoms with Gasteiger partial charge in [0.15, 0.2) is 0 Å². The van der Waals surface area contributed by atoms with Gasteiger partial charge in [0.2, 0.25) is 10.0 Å². The zero-order valence-electron chi connectivity index (χ0n) is 11.4. The topological polar surface area (TPSA) is 59.3 Å². The van der Waals surface area contributed by atoms with Gasteiger partial charge in [0.25, 0.3) is 0 Å². The molecule has 0 fully saturated rings. The van der Waals surface area contributed by atoms with Gasteiger partial charge in [-0.2, -0.15) is 0 Å². The molecule has 0 spiro atoms. The average Bonchev–Trinajstić information content (AvgIpc) is 2.93. The van der Waals surface area contributed by atoms with E-state index in [4.69, 9.17) is 4.42 Å². The van der Waals surface area contributed by atoms with Crippen molar-refractivity contribution in [1.29, 1.82) is 0 Å². The molecular weight excluding hydrogens is 262 g/mol. The van der Waals surface area contributed by atoms with Crippen LogP contribution in [0.5, 0.6) is 0 Å². The van der Waals surface area contributed by atoms with Crippen LogP contribution >= 0.6 is 0 Å². The lowest BCUT2D eigenvalue weighted by Gasteiger charge is -2.05. The molecule has 0 atom stereocenters. The molecule has 1 aromatic carbocycles. The predicted octanol–water partition coefficient (Wildman–Crippen LogP) is 3.09. The van der Waals surface area contributed by atoms with Crippen molar-refractivity contribution in [3.63, 3.8) is 0 Å². The van der Waals surface area contributed by atoms with Crippen LogP contribution in [0, 0.1) is 6.92 Å². The summed E-state index contributed by atoms with van der Waals surface area (Å²) in [6, 6.07) is 10.1. The zero-order chi connectivity index (χ0) is 14.3. The first kappa shape index (κ1) is 15.5. The highest BCUT2D eigenvalue weighted by atomic mass is 32.2. The molecule has 0 saturated carbocycles. The molecule has 0 unspecified atom stereocenters. The molecule has 0 saturated heterocycles. The summed E-state index contributed by atoms with van der Waals surface area (Å²) in [5.74, 6) is 0.584. The van der Waals surface area contributed by atoms with Crippen molar-refractivity contribution in [3.8, 4) is 0 Å². The van der Waals surface area contributed by atoms with Gasteiger partial charge in [-0.05, 0) is 31.2 Å². The van der Waals surface area contributed by atoms with Crippen molar-refractivity contribution in [2.24, 2.45) is 0 Å². The third-order valence-corrected chi connectivity index (χ3v) is 3.76.